The van der Waals surface area contributed by atoms with Crippen LogP contribution in [-0.4, -0.2) is 24.6 Å². The Kier molecular flexibility index (Phi) is 9.10. The molecular weight excluding hydrogens is 417 g/mol. The summed E-state index contributed by atoms with van der Waals surface area (Å²) in [5.41, 5.74) is 9.78. The van der Waals surface area contributed by atoms with Gasteiger partial charge in [-0.1, -0.05) is 12.1 Å². The van der Waals surface area contributed by atoms with Crippen molar-refractivity contribution in [2.24, 2.45) is 10.7 Å². The van der Waals surface area contributed by atoms with Crippen molar-refractivity contribution in [1.82, 2.24) is 0 Å². The normalized spacial score (nSPS) is 13.9. The number of hydrogen-bond donors (Lipinski definition) is 2. The molecule has 3 N–H and O–H groups in total. The van der Waals surface area contributed by atoms with Crippen LogP contribution < -0.4 is 11.1 Å². The summed E-state index contributed by atoms with van der Waals surface area (Å²) in [6.45, 7) is 4.21. The van der Waals surface area contributed by atoms with Crippen LogP contribution in [0.1, 0.15) is 50.7 Å². The number of guanidine groups is 1. The summed E-state index contributed by atoms with van der Waals surface area (Å²) in [6, 6.07) is 6.29. The van der Waals surface area contributed by atoms with Gasteiger partial charge in [0.25, 0.3) is 0 Å². The van der Waals surface area contributed by atoms with Crippen molar-refractivity contribution in [1.29, 1.82) is 0 Å². The number of halogens is 1. The van der Waals surface area contributed by atoms with E-state index in [4.69, 9.17) is 10.5 Å². The molecule has 6 heteroatoms. The maximum absolute atomic E-state index is 11.4. The van der Waals surface area contributed by atoms with E-state index in [-0.39, 0.29) is 36.0 Å². The van der Waals surface area contributed by atoms with Gasteiger partial charge < -0.3 is 15.8 Å². The van der Waals surface area contributed by atoms with Crippen LogP contribution in [0.4, 0.5) is 5.69 Å². The van der Waals surface area contributed by atoms with Crippen LogP contribution in [0.5, 0.6) is 0 Å². The summed E-state index contributed by atoms with van der Waals surface area (Å²) in [4.78, 5) is 15.7. The van der Waals surface area contributed by atoms with Gasteiger partial charge in [-0.05, 0) is 63.1 Å². The molecule has 1 aromatic carbocycles. The number of carbonyl (C=O) groups is 1. The summed E-state index contributed by atoms with van der Waals surface area (Å²) in [5, 5.41) is 3.20. The molecule has 0 fully saturated rings. The zero-order valence-corrected chi connectivity index (χ0v) is 16.8. The van der Waals surface area contributed by atoms with Gasteiger partial charge in [-0.15, -0.1) is 24.0 Å². The molecule has 0 amide bonds. The number of rotatable bonds is 6. The molecule has 0 heterocycles. The maximum Gasteiger partial charge on any atom is 0.306 e. The van der Waals surface area contributed by atoms with Gasteiger partial charge in [0.2, 0.25) is 0 Å². The van der Waals surface area contributed by atoms with E-state index in [0.717, 1.165) is 18.5 Å². The maximum atomic E-state index is 11.4. The fraction of sp³-hybridized carbons (Fsp3) is 0.556. The predicted molar refractivity (Wildman–Crippen MR) is 109 cm³/mol. The minimum absolute atomic E-state index is 0. The number of aliphatic imine (C=N–C) groups is 1. The van der Waals surface area contributed by atoms with Gasteiger partial charge in [0.15, 0.2) is 5.96 Å². The van der Waals surface area contributed by atoms with E-state index in [0.29, 0.717) is 25.3 Å². The summed E-state index contributed by atoms with van der Waals surface area (Å²) in [5.74, 6) is 0.222. The van der Waals surface area contributed by atoms with E-state index in [9.17, 15) is 4.79 Å². The van der Waals surface area contributed by atoms with E-state index < -0.39 is 0 Å². The topological polar surface area (TPSA) is 76.7 Å². The van der Waals surface area contributed by atoms with Crippen molar-refractivity contribution in [3.05, 3.63) is 29.3 Å². The highest BCUT2D eigenvalue weighted by Gasteiger charge is 2.13. The molecule has 2 rings (SSSR count). The third kappa shape index (κ3) is 6.67. The fourth-order valence-corrected chi connectivity index (χ4v) is 2.82. The molecule has 24 heavy (non-hydrogen) atoms. The van der Waals surface area contributed by atoms with Crippen LogP contribution >= 0.6 is 24.0 Å². The standard InChI is InChI=1S/C18H27N3O2.HI/c1-13(2)23-17(22)11-6-12-20-18(19)21-16-10-5-8-14-7-3-4-9-15(14)16;/h5,8,10,13H,3-4,6-7,9,11-12H2,1-2H3,(H3,19,20,21);1H. The number of nitrogens with one attached hydrogen (secondary N) is 1. The molecule has 1 aromatic rings. The van der Waals surface area contributed by atoms with E-state index in [1.54, 1.807) is 0 Å². The Morgan fingerprint density at radius 2 is 2.08 bits per heavy atom. The second-order valence-corrected chi connectivity index (χ2v) is 6.18. The highest BCUT2D eigenvalue weighted by Crippen LogP contribution is 2.27. The molecule has 0 saturated heterocycles. The number of anilines is 1. The number of esters is 1. The van der Waals surface area contributed by atoms with Crippen LogP contribution in [0.2, 0.25) is 0 Å². The molecule has 134 valence electrons. The molecule has 0 saturated carbocycles. The minimum Gasteiger partial charge on any atom is -0.463 e. The first-order valence-corrected chi connectivity index (χ1v) is 8.43. The monoisotopic (exact) mass is 445 g/mol. The van der Waals surface area contributed by atoms with E-state index in [1.807, 2.05) is 19.9 Å². The van der Waals surface area contributed by atoms with E-state index in [2.05, 4.69) is 22.4 Å². The quantitative estimate of drug-likeness (QED) is 0.231. The fourth-order valence-electron chi connectivity index (χ4n) is 2.82. The molecule has 0 radical (unpaired) electrons. The molecule has 5 nitrogen and oxygen atoms in total. The minimum atomic E-state index is -0.182. The Balaban J connectivity index is 0.00000288. The average molecular weight is 445 g/mol. The number of benzene rings is 1. The molecule has 0 aliphatic heterocycles. The molecule has 0 spiro atoms. The predicted octanol–water partition coefficient (Wildman–Crippen LogP) is 3.64. The van der Waals surface area contributed by atoms with E-state index in [1.165, 1.54) is 24.0 Å². The van der Waals surface area contributed by atoms with Gasteiger partial charge in [-0.2, -0.15) is 0 Å². The van der Waals surface area contributed by atoms with Gasteiger partial charge in [0.05, 0.1) is 6.10 Å². The smallest absolute Gasteiger partial charge is 0.306 e. The van der Waals surface area contributed by atoms with Crippen molar-refractivity contribution in [2.45, 2.75) is 58.5 Å². The van der Waals surface area contributed by atoms with Crippen molar-refractivity contribution in [3.8, 4) is 0 Å². The Morgan fingerprint density at radius 1 is 1.33 bits per heavy atom. The zero-order valence-electron chi connectivity index (χ0n) is 14.5. The first-order chi connectivity index (χ1) is 11.1. The highest BCUT2D eigenvalue weighted by molar-refractivity contribution is 14.0. The summed E-state index contributed by atoms with van der Waals surface area (Å²) in [7, 11) is 0. The molecule has 0 aromatic heterocycles. The van der Waals surface area contributed by atoms with Crippen LogP contribution in [0.15, 0.2) is 23.2 Å². The third-order valence-corrected chi connectivity index (χ3v) is 3.85. The number of carbonyl (C=O) groups excluding carboxylic acids is 1. The number of ether oxygens (including phenoxy) is 1. The second kappa shape index (κ2) is 10.5. The summed E-state index contributed by atoms with van der Waals surface area (Å²) in [6.07, 6.45) is 5.65. The largest absolute Gasteiger partial charge is 0.463 e. The van der Waals surface area contributed by atoms with Crippen LogP contribution in [0, 0.1) is 0 Å². The van der Waals surface area contributed by atoms with Gasteiger partial charge >= 0.3 is 5.97 Å². The molecule has 0 bridgehead atoms. The number of nitrogens with two attached hydrogens (primary N) is 1. The van der Waals surface area contributed by atoms with E-state index >= 15 is 0 Å². The van der Waals surface area contributed by atoms with Gasteiger partial charge in [0.1, 0.15) is 0 Å². The summed E-state index contributed by atoms with van der Waals surface area (Å²) < 4.78 is 5.08. The second-order valence-electron chi connectivity index (χ2n) is 6.18. The third-order valence-electron chi connectivity index (χ3n) is 3.85. The number of nitrogens with zero attached hydrogens (tertiary/aromatic N) is 1. The van der Waals surface area contributed by atoms with Gasteiger partial charge in [-0.3, -0.25) is 9.79 Å². The number of fused-ring (bicyclic) bond motifs is 1. The Bertz CT molecular complexity index is 573. The van der Waals surface area contributed by atoms with Crippen molar-refractivity contribution >= 4 is 41.6 Å². The number of aryl methyl sites for hydroxylation is 1. The lowest BCUT2D eigenvalue weighted by Crippen LogP contribution is -2.24. The molecule has 1 aliphatic rings. The van der Waals surface area contributed by atoms with Crippen molar-refractivity contribution < 1.29 is 9.53 Å². The lowest BCUT2D eigenvalue weighted by molar-refractivity contribution is -0.147. The highest BCUT2D eigenvalue weighted by atomic mass is 127. The Hall–Kier alpha value is -1.31. The van der Waals surface area contributed by atoms with Crippen LogP contribution in [0.3, 0.4) is 0 Å². The van der Waals surface area contributed by atoms with Crippen LogP contribution in [0.25, 0.3) is 0 Å². The zero-order chi connectivity index (χ0) is 16.7. The van der Waals surface area contributed by atoms with Gasteiger partial charge in [-0.25, -0.2) is 0 Å². The lowest BCUT2D eigenvalue weighted by atomic mass is 9.90. The first kappa shape index (κ1) is 20.7. The molecular formula is C18H28IN3O2. The summed E-state index contributed by atoms with van der Waals surface area (Å²) >= 11 is 0. The average Bonchev–Trinajstić information content (AvgIpc) is 2.51. The molecule has 0 unspecified atom stereocenters. The molecule has 0 atom stereocenters. The van der Waals surface area contributed by atoms with Crippen LogP contribution in [-0.2, 0) is 22.4 Å². The Morgan fingerprint density at radius 3 is 2.83 bits per heavy atom. The SMILES string of the molecule is CC(C)OC(=O)CCCN=C(N)Nc1cccc2c1CCCC2.I. The molecule has 1 aliphatic carbocycles. The lowest BCUT2D eigenvalue weighted by Gasteiger charge is -2.19. The van der Waals surface area contributed by atoms with Crippen molar-refractivity contribution in [2.75, 3.05) is 11.9 Å². The number of hydrogen-bond acceptors (Lipinski definition) is 3. The van der Waals surface area contributed by atoms with Crippen molar-refractivity contribution in [3.63, 3.8) is 0 Å². The van der Waals surface area contributed by atoms with Gasteiger partial charge in [0, 0.05) is 18.7 Å². The Labute approximate surface area is 161 Å². The first-order valence-electron chi connectivity index (χ1n) is 8.43.